The van der Waals surface area contributed by atoms with E-state index in [-0.39, 0.29) is 33.9 Å². The summed E-state index contributed by atoms with van der Waals surface area (Å²) < 4.78 is 37.0. The molecule has 3 aromatic rings. The first kappa shape index (κ1) is 23.6. The van der Waals surface area contributed by atoms with Crippen LogP contribution < -0.4 is 10.5 Å². The molecule has 2 aromatic heterocycles. The van der Waals surface area contributed by atoms with Crippen molar-refractivity contribution in [3.63, 3.8) is 0 Å². The highest BCUT2D eigenvalue weighted by atomic mass is 35.5. The van der Waals surface area contributed by atoms with Crippen molar-refractivity contribution in [1.29, 1.82) is 0 Å². The number of sulfonamides is 1. The lowest BCUT2D eigenvalue weighted by Gasteiger charge is -2.32. The monoisotopic (exact) mass is 508 g/mol. The van der Waals surface area contributed by atoms with Crippen molar-refractivity contribution < 1.29 is 17.6 Å². The maximum absolute atomic E-state index is 13.3. The highest BCUT2D eigenvalue weighted by Crippen LogP contribution is 2.34. The number of benzene rings is 1. The number of primary sulfonamides is 1. The minimum atomic E-state index is -4.17. The fraction of sp³-hybridized carbons (Fsp3) is 0.273. The highest BCUT2D eigenvalue weighted by molar-refractivity contribution is 7.89. The summed E-state index contributed by atoms with van der Waals surface area (Å²) in [6.45, 7) is 1.36. The lowest BCUT2D eigenvalue weighted by Crippen LogP contribution is -2.38. The number of hydrogen-bond donors (Lipinski definition) is 2. The molecule has 1 saturated heterocycles. The zero-order valence-electron chi connectivity index (χ0n) is 17.5. The maximum atomic E-state index is 13.3. The van der Waals surface area contributed by atoms with Crippen molar-refractivity contribution in [3.8, 4) is 0 Å². The number of likely N-dealkylation sites (tertiary alicyclic amines) is 1. The first-order valence-electron chi connectivity index (χ1n) is 10.3. The molecule has 0 spiro atoms. The van der Waals surface area contributed by atoms with E-state index < -0.39 is 15.0 Å². The smallest absolute Gasteiger partial charge is 0.257 e. The Morgan fingerprint density at radius 3 is 2.55 bits per heavy atom. The Kier molecular flexibility index (Phi) is 6.99. The van der Waals surface area contributed by atoms with Gasteiger partial charge in [-0.05, 0) is 47.9 Å². The molecule has 4 rings (SSSR count). The van der Waals surface area contributed by atoms with E-state index in [1.165, 1.54) is 29.7 Å². The molecule has 3 heterocycles. The van der Waals surface area contributed by atoms with E-state index in [0.29, 0.717) is 19.6 Å². The molecule has 11 heteroatoms. The molecule has 0 atom stereocenters. The van der Waals surface area contributed by atoms with Crippen molar-refractivity contribution >= 4 is 44.6 Å². The predicted molar refractivity (Wildman–Crippen MR) is 127 cm³/mol. The molecule has 1 aromatic carbocycles. The number of pyridine rings is 1. The van der Waals surface area contributed by atoms with Crippen molar-refractivity contribution in [2.24, 2.45) is 5.14 Å². The summed E-state index contributed by atoms with van der Waals surface area (Å²) in [7, 11) is -4.17. The van der Waals surface area contributed by atoms with E-state index in [9.17, 15) is 17.6 Å². The van der Waals surface area contributed by atoms with E-state index >= 15 is 0 Å². The first-order chi connectivity index (χ1) is 15.7. The summed E-state index contributed by atoms with van der Waals surface area (Å²) >= 11 is 7.87. The lowest BCUT2D eigenvalue weighted by atomic mass is 9.89. The van der Waals surface area contributed by atoms with Gasteiger partial charge in [0.25, 0.3) is 15.9 Å². The Morgan fingerprint density at radius 2 is 1.94 bits per heavy atom. The van der Waals surface area contributed by atoms with Crippen LogP contribution in [-0.4, -0.2) is 37.3 Å². The summed E-state index contributed by atoms with van der Waals surface area (Å²) in [5, 5.41) is 9.56. The van der Waals surface area contributed by atoms with Crippen LogP contribution in [0.3, 0.4) is 0 Å². The first-order valence-corrected chi connectivity index (χ1v) is 13.1. The van der Waals surface area contributed by atoms with E-state index in [0.717, 1.165) is 23.3 Å². The molecular weight excluding hydrogens is 487 g/mol. The van der Waals surface area contributed by atoms with Crippen LogP contribution >= 0.6 is 22.9 Å². The lowest BCUT2D eigenvalue weighted by molar-refractivity contribution is 0.0713. The molecule has 33 heavy (non-hydrogen) atoms. The standard InChI is InChI=1S/C22H22ClFN4O3S2/c23-19-20(26-12-17-2-1-11-32-17)18(13-27-21(19)33(25,30)31)22(29)28-9-7-15(8-10-28)14-3-5-16(24)6-4-14/h1-6,11,13,15H,7-10,12H2,(H,26,27)(H2,25,30,31). The highest BCUT2D eigenvalue weighted by Gasteiger charge is 2.29. The number of rotatable bonds is 6. The van der Waals surface area contributed by atoms with E-state index in [4.69, 9.17) is 16.7 Å². The zero-order chi connectivity index (χ0) is 23.6. The number of nitrogens with one attached hydrogen (secondary N) is 1. The summed E-state index contributed by atoms with van der Waals surface area (Å²) in [6.07, 6.45) is 2.66. The second kappa shape index (κ2) is 9.76. The molecule has 0 bridgehead atoms. The Bertz CT molecular complexity index is 1240. The number of carbonyl (C=O) groups excluding carboxylic acids is 1. The maximum Gasteiger partial charge on any atom is 0.257 e. The van der Waals surface area contributed by atoms with Gasteiger partial charge >= 0.3 is 0 Å². The van der Waals surface area contributed by atoms with Gasteiger partial charge in [-0.2, -0.15) is 0 Å². The van der Waals surface area contributed by atoms with Gasteiger partial charge in [0.2, 0.25) is 0 Å². The quantitative estimate of drug-likeness (QED) is 0.518. The van der Waals surface area contributed by atoms with Gasteiger partial charge in [0.15, 0.2) is 5.03 Å². The molecule has 1 amide bonds. The van der Waals surface area contributed by atoms with Crippen molar-refractivity contribution in [2.75, 3.05) is 18.4 Å². The number of nitrogens with zero attached hydrogens (tertiary/aromatic N) is 2. The normalized spacial score (nSPS) is 14.9. The zero-order valence-corrected chi connectivity index (χ0v) is 19.9. The van der Waals surface area contributed by atoms with Crippen LogP contribution in [0.4, 0.5) is 10.1 Å². The van der Waals surface area contributed by atoms with Gasteiger partial charge < -0.3 is 10.2 Å². The third-order valence-electron chi connectivity index (χ3n) is 5.63. The number of piperidine rings is 1. The fourth-order valence-electron chi connectivity index (χ4n) is 3.91. The summed E-state index contributed by atoms with van der Waals surface area (Å²) in [5.74, 6) is -0.338. The predicted octanol–water partition coefficient (Wildman–Crippen LogP) is 4.21. The Balaban J connectivity index is 1.56. The van der Waals surface area contributed by atoms with Crippen molar-refractivity contribution in [1.82, 2.24) is 9.88 Å². The number of thiophene rings is 1. The van der Waals surface area contributed by atoms with Crippen molar-refractivity contribution in [3.05, 3.63) is 74.8 Å². The second-order valence-corrected chi connectivity index (χ2v) is 10.6. The third-order valence-corrected chi connectivity index (χ3v) is 7.84. The molecule has 1 aliphatic heterocycles. The van der Waals surface area contributed by atoms with E-state index in [2.05, 4.69) is 10.3 Å². The van der Waals surface area contributed by atoms with Crippen LogP contribution in [-0.2, 0) is 16.6 Å². The minimum Gasteiger partial charge on any atom is -0.378 e. The number of amides is 1. The number of anilines is 1. The van der Waals surface area contributed by atoms with Gasteiger partial charge in [-0.15, -0.1) is 11.3 Å². The molecule has 174 valence electrons. The molecule has 0 saturated carbocycles. The second-order valence-electron chi connectivity index (χ2n) is 7.76. The molecule has 0 unspecified atom stereocenters. The van der Waals surface area contributed by atoms with Gasteiger partial charge in [-0.3, -0.25) is 4.79 Å². The Labute approximate surface area is 200 Å². The van der Waals surface area contributed by atoms with Crippen molar-refractivity contribution in [2.45, 2.75) is 30.3 Å². The topological polar surface area (TPSA) is 105 Å². The molecule has 7 nitrogen and oxygen atoms in total. The molecule has 0 aliphatic carbocycles. The molecular formula is C22H22ClFN4O3S2. The summed E-state index contributed by atoms with van der Waals surface area (Å²) in [4.78, 5) is 19.9. The number of aromatic nitrogens is 1. The van der Waals surface area contributed by atoms with Gasteiger partial charge in [0.05, 0.1) is 11.3 Å². The van der Waals surface area contributed by atoms with Gasteiger partial charge in [-0.25, -0.2) is 22.9 Å². The average Bonchev–Trinajstić information content (AvgIpc) is 3.31. The van der Waals surface area contributed by atoms with Crippen LogP contribution in [0.2, 0.25) is 5.02 Å². The number of nitrogens with two attached hydrogens (primary N) is 1. The van der Waals surface area contributed by atoms with E-state index in [1.807, 2.05) is 17.5 Å². The molecule has 1 aliphatic rings. The summed E-state index contributed by atoms with van der Waals surface area (Å²) in [5.41, 5.74) is 1.42. The Morgan fingerprint density at radius 1 is 1.24 bits per heavy atom. The number of halogens is 2. The average molecular weight is 509 g/mol. The van der Waals surface area contributed by atoms with Gasteiger partial charge in [0, 0.05) is 30.7 Å². The van der Waals surface area contributed by atoms with Crippen LogP contribution in [0.1, 0.15) is 39.6 Å². The van der Waals surface area contributed by atoms with Crippen LogP contribution in [0.25, 0.3) is 0 Å². The van der Waals surface area contributed by atoms with Gasteiger partial charge in [0.1, 0.15) is 10.8 Å². The van der Waals surface area contributed by atoms with Crippen LogP contribution in [0.5, 0.6) is 0 Å². The van der Waals surface area contributed by atoms with Gasteiger partial charge in [-0.1, -0.05) is 29.8 Å². The Hall–Kier alpha value is -2.53. The fourth-order valence-corrected chi connectivity index (χ4v) is 5.65. The van der Waals surface area contributed by atoms with Crippen LogP contribution in [0.15, 0.2) is 53.0 Å². The van der Waals surface area contributed by atoms with Crippen LogP contribution in [0, 0.1) is 5.82 Å². The number of carbonyl (C=O) groups is 1. The molecule has 1 fully saturated rings. The molecule has 3 N–H and O–H groups in total. The largest absolute Gasteiger partial charge is 0.378 e. The van der Waals surface area contributed by atoms with E-state index in [1.54, 1.807) is 17.0 Å². The summed E-state index contributed by atoms with van der Waals surface area (Å²) in [6, 6.07) is 10.2. The SMILES string of the molecule is NS(=O)(=O)c1ncc(C(=O)N2CCC(c3ccc(F)cc3)CC2)c(NCc2cccs2)c1Cl. The number of hydrogen-bond acceptors (Lipinski definition) is 6. The third kappa shape index (κ3) is 5.35. The minimum absolute atomic E-state index is 0.184. The molecule has 0 radical (unpaired) electrons.